The van der Waals surface area contributed by atoms with E-state index in [1.807, 2.05) is 13.1 Å². The van der Waals surface area contributed by atoms with Gasteiger partial charge >= 0.3 is 0 Å². The van der Waals surface area contributed by atoms with Crippen LogP contribution in [0.5, 0.6) is 0 Å². The molecule has 0 saturated carbocycles. The van der Waals surface area contributed by atoms with Crippen molar-refractivity contribution in [3.8, 4) is 6.07 Å². The van der Waals surface area contributed by atoms with Crippen molar-refractivity contribution < 1.29 is 4.42 Å². The Morgan fingerprint density at radius 3 is 3.00 bits per heavy atom. The summed E-state index contributed by atoms with van der Waals surface area (Å²) in [5, 5.41) is 11.3. The normalized spacial score (nSPS) is 9.20. The van der Waals surface area contributed by atoms with Crippen molar-refractivity contribution in [1.29, 1.82) is 5.26 Å². The van der Waals surface area contributed by atoms with Crippen LogP contribution < -0.4 is 5.32 Å². The standard InChI is InChI=1S/C7H8N2O/c1-9-5-7-3-2-6(4-8)10-7/h2-3,9H,5H2,1H3. The lowest BCUT2D eigenvalue weighted by atomic mass is 10.4. The van der Waals surface area contributed by atoms with E-state index >= 15 is 0 Å². The molecule has 0 atom stereocenters. The molecule has 0 aliphatic carbocycles. The van der Waals surface area contributed by atoms with Crippen LogP contribution in [0.3, 0.4) is 0 Å². The van der Waals surface area contributed by atoms with E-state index in [4.69, 9.17) is 9.68 Å². The van der Waals surface area contributed by atoms with E-state index < -0.39 is 0 Å². The van der Waals surface area contributed by atoms with Gasteiger partial charge in [-0.25, -0.2) is 0 Å². The summed E-state index contributed by atoms with van der Waals surface area (Å²) >= 11 is 0. The first kappa shape index (κ1) is 6.84. The zero-order chi connectivity index (χ0) is 7.40. The second-order valence-corrected chi connectivity index (χ2v) is 1.91. The van der Waals surface area contributed by atoms with Gasteiger partial charge in [0.2, 0.25) is 5.76 Å². The fraction of sp³-hybridized carbons (Fsp3) is 0.286. The highest BCUT2D eigenvalue weighted by Crippen LogP contribution is 2.04. The van der Waals surface area contributed by atoms with Crippen LogP contribution in [0, 0.1) is 11.3 Å². The van der Waals surface area contributed by atoms with Gasteiger partial charge in [0.1, 0.15) is 11.8 Å². The molecule has 3 nitrogen and oxygen atoms in total. The van der Waals surface area contributed by atoms with Crippen LogP contribution in [0.1, 0.15) is 11.5 Å². The largest absolute Gasteiger partial charge is 0.449 e. The van der Waals surface area contributed by atoms with E-state index in [0.717, 1.165) is 5.76 Å². The van der Waals surface area contributed by atoms with Crippen LogP contribution in [0.25, 0.3) is 0 Å². The van der Waals surface area contributed by atoms with E-state index in [1.54, 1.807) is 12.1 Å². The monoisotopic (exact) mass is 136 g/mol. The summed E-state index contributed by atoms with van der Waals surface area (Å²) in [4.78, 5) is 0. The van der Waals surface area contributed by atoms with Crippen molar-refractivity contribution in [3.63, 3.8) is 0 Å². The van der Waals surface area contributed by atoms with Crippen LogP contribution in [0.2, 0.25) is 0 Å². The lowest BCUT2D eigenvalue weighted by Gasteiger charge is -1.89. The van der Waals surface area contributed by atoms with Gasteiger partial charge in [0.15, 0.2) is 0 Å². The minimum atomic E-state index is 0.366. The smallest absolute Gasteiger partial charge is 0.203 e. The number of nitrogens with zero attached hydrogens (tertiary/aromatic N) is 1. The Morgan fingerprint density at radius 1 is 1.70 bits per heavy atom. The molecule has 1 aromatic heterocycles. The summed E-state index contributed by atoms with van der Waals surface area (Å²) in [6.07, 6.45) is 0. The van der Waals surface area contributed by atoms with Crippen molar-refractivity contribution in [2.75, 3.05) is 7.05 Å². The molecule has 0 fully saturated rings. The van der Waals surface area contributed by atoms with Crippen molar-refractivity contribution >= 4 is 0 Å². The molecular weight excluding hydrogens is 128 g/mol. The highest BCUT2D eigenvalue weighted by molar-refractivity contribution is 5.18. The second-order valence-electron chi connectivity index (χ2n) is 1.91. The van der Waals surface area contributed by atoms with Gasteiger partial charge in [-0.1, -0.05) is 0 Å². The quantitative estimate of drug-likeness (QED) is 0.656. The number of hydrogen-bond acceptors (Lipinski definition) is 3. The topological polar surface area (TPSA) is 49.0 Å². The number of nitrogens with one attached hydrogen (secondary N) is 1. The lowest BCUT2D eigenvalue weighted by molar-refractivity contribution is 0.485. The molecule has 0 aromatic carbocycles. The number of hydrogen-bond donors (Lipinski definition) is 1. The van der Waals surface area contributed by atoms with Crippen LogP contribution in [0.4, 0.5) is 0 Å². The van der Waals surface area contributed by atoms with Crippen molar-refractivity contribution in [1.82, 2.24) is 5.32 Å². The average molecular weight is 136 g/mol. The zero-order valence-electron chi connectivity index (χ0n) is 5.72. The number of nitriles is 1. The molecule has 0 unspecified atom stereocenters. The highest BCUT2D eigenvalue weighted by Gasteiger charge is 1.97. The Balaban J connectivity index is 2.71. The van der Waals surface area contributed by atoms with Gasteiger partial charge in [0.25, 0.3) is 0 Å². The SMILES string of the molecule is CNCc1ccc(C#N)o1. The van der Waals surface area contributed by atoms with E-state index in [1.165, 1.54) is 0 Å². The van der Waals surface area contributed by atoms with Gasteiger partial charge in [-0.2, -0.15) is 5.26 Å². The van der Waals surface area contributed by atoms with Crippen LogP contribution >= 0.6 is 0 Å². The molecule has 0 spiro atoms. The average Bonchev–Trinajstić information content (AvgIpc) is 2.37. The Bertz CT molecular complexity index is 246. The summed E-state index contributed by atoms with van der Waals surface area (Å²) in [6.45, 7) is 0.668. The van der Waals surface area contributed by atoms with E-state index in [-0.39, 0.29) is 0 Å². The molecule has 0 aliphatic heterocycles. The molecule has 1 N–H and O–H groups in total. The maximum Gasteiger partial charge on any atom is 0.203 e. The molecule has 52 valence electrons. The summed E-state index contributed by atoms with van der Waals surface area (Å²) in [7, 11) is 1.83. The van der Waals surface area contributed by atoms with Gasteiger partial charge < -0.3 is 9.73 Å². The fourth-order valence-electron chi connectivity index (χ4n) is 0.707. The van der Waals surface area contributed by atoms with Gasteiger partial charge in [0, 0.05) is 0 Å². The molecule has 0 amide bonds. The van der Waals surface area contributed by atoms with Crippen LogP contribution in [0.15, 0.2) is 16.5 Å². The molecule has 1 rings (SSSR count). The van der Waals surface area contributed by atoms with Gasteiger partial charge in [-0.05, 0) is 19.2 Å². The number of furan rings is 1. The van der Waals surface area contributed by atoms with Crippen LogP contribution in [-0.4, -0.2) is 7.05 Å². The molecule has 1 heterocycles. The zero-order valence-corrected chi connectivity index (χ0v) is 5.72. The van der Waals surface area contributed by atoms with Crippen LogP contribution in [-0.2, 0) is 6.54 Å². The Hall–Kier alpha value is -1.27. The Labute approximate surface area is 59.3 Å². The summed E-state index contributed by atoms with van der Waals surface area (Å²) in [6, 6.07) is 5.36. The van der Waals surface area contributed by atoms with Gasteiger partial charge in [-0.3, -0.25) is 0 Å². The summed E-state index contributed by atoms with van der Waals surface area (Å²) < 4.78 is 5.05. The predicted octanol–water partition coefficient (Wildman–Crippen LogP) is 0.871. The summed E-state index contributed by atoms with van der Waals surface area (Å²) in [5.41, 5.74) is 0. The maximum absolute atomic E-state index is 8.35. The fourth-order valence-corrected chi connectivity index (χ4v) is 0.707. The first-order chi connectivity index (χ1) is 4.86. The Morgan fingerprint density at radius 2 is 2.50 bits per heavy atom. The van der Waals surface area contributed by atoms with E-state index in [9.17, 15) is 0 Å². The number of rotatable bonds is 2. The second kappa shape index (κ2) is 3.04. The third-order valence-electron chi connectivity index (χ3n) is 1.12. The molecule has 10 heavy (non-hydrogen) atoms. The predicted molar refractivity (Wildman–Crippen MR) is 36.2 cm³/mol. The lowest BCUT2D eigenvalue weighted by Crippen LogP contribution is -2.03. The van der Waals surface area contributed by atoms with Crippen molar-refractivity contribution in [2.24, 2.45) is 0 Å². The maximum atomic E-state index is 8.35. The van der Waals surface area contributed by atoms with Crippen molar-refractivity contribution in [3.05, 3.63) is 23.7 Å². The van der Waals surface area contributed by atoms with Gasteiger partial charge in [0.05, 0.1) is 6.54 Å². The van der Waals surface area contributed by atoms with Gasteiger partial charge in [-0.15, -0.1) is 0 Å². The van der Waals surface area contributed by atoms with E-state index in [0.29, 0.717) is 12.3 Å². The first-order valence-electron chi connectivity index (χ1n) is 3.00. The minimum Gasteiger partial charge on any atom is -0.449 e. The summed E-state index contributed by atoms with van der Waals surface area (Å²) in [5.74, 6) is 1.16. The highest BCUT2D eigenvalue weighted by atomic mass is 16.3. The molecule has 1 aromatic rings. The molecular formula is C7H8N2O. The van der Waals surface area contributed by atoms with E-state index in [2.05, 4.69) is 5.32 Å². The molecule has 0 aliphatic rings. The molecule has 0 bridgehead atoms. The molecule has 3 heteroatoms. The third-order valence-corrected chi connectivity index (χ3v) is 1.12. The minimum absolute atomic E-state index is 0.366. The third kappa shape index (κ3) is 1.36. The molecule has 0 radical (unpaired) electrons. The molecule has 0 saturated heterocycles. The Kier molecular flexibility index (Phi) is 2.08. The first-order valence-corrected chi connectivity index (χ1v) is 3.00. The van der Waals surface area contributed by atoms with Crippen molar-refractivity contribution in [2.45, 2.75) is 6.54 Å².